The van der Waals surface area contributed by atoms with Crippen LogP contribution in [-0.4, -0.2) is 68.5 Å². The van der Waals surface area contributed by atoms with E-state index in [0.29, 0.717) is 17.4 Å². The van der Waals surface area contributed by atoms with E-state index in [0.717, 1.165) is 70.6 Å². The first-order valence-corrected chi connectivity index (χ1v) is 26.0. The minimum atomic E-state index is -4.60. The molecule has 0 spiro atoms. The zero-order valence-electron chi connectivity index (χ0n) is 39.2. The van der Waals surface area contributed by atoms with Crippen molar-refractivity contribution >= 4 is 13.7 Å². The fourth-order valence-electron chi connectivity index (χ4n) is 6.85. The fourth-order valence-corrected chi connectivity index (χ4v) is 7.58. The Kier molecular flexibility index (Phi) is 40.7. The van der Waals surface area contributed by atoms with Gasteiger partial charge in [0.2, 0.25) is 5.91 Å². The van der Waals surface area contributed by atoms with Crippen LogP contribution in [0.25, 0.3) is 0 Å². The Morgan fingerprint density at radius 1 is 0.593 bits per heavy atom. The molecule has 59 heavy (non-hydrogen) atoms. The van der Waals surface area contributed by atoms with Gasteiger partial charge in [-0.2, -0.15) is 0 Å². The summed E-state index contributed by atoms with van der Waals surface area (Å²) < 4.78 is 23.2. The summed E-state index contributed by atoms with van der Waals surface area (Å²) in [7, 11) is 1.23. The van der Waals surface area contributed by atoms with Crippen LogP contribution in [0.3, 0.4) is 0 Å². The lowest BCUT2D eigenvalue weighted by Gasteiger charge is -2.29. The number of allylic oxidation sites excluding steroid dienone is 7. The van der Waals surface area contributed by atoms with E-state index < -0.39 is 26.6 Å². The van der Waals surface area contributed by atoms with Gasteiger partial charge in [0.05, 0.1) is 39.9 Å². The first-order valence-electron chi connectivity index (χ1n) is 24.5. The number of nitrogens with one attached hydrogen (secondary N) is 1. The summed E-state index contributed by atoms with van der Waals surface area (Å²) in [6.45, 7) is 4.55. The minimum Gasteiger partial charge on any atom is -0.756 e. The normalized spacial score (nSPS) is 14.6. The Morgan fingerprint density at radius 2 is 1.03 bits per heavy atom. The van der Waals surface area contributed by atoms with E-state index in [-0.39, 0.29) is 12.5 Å². The van der Waals surface area contributed by atoms with Gasteiger partial charge in [0.15, 0.2) is 0 Å². The molecule has 0 fully saturated rings. The lowest BCUT2D eigenvalue weighted by molar-refractivity contribution is -0.870. The number of likely N-dealkylation sites (N-methyl/N-ethyl adjacent to an activating group) is 1. The van der Waals surface area contributed by atoms with E-state index >= 15 is 0 Å². The van der Waals surface area contributed by atoms with Gasteiger partial charge in [0.1, 0.15) is 13.2 Å². The summed E-state index contributed by atoms with van der Waals surface area (Å²) in [6.07, 6.45) is 53.2. The number of carbonyl (C=O) groups excluding carboxylic acids is 1. The molecule has 3 unspecified atom stereocenters. The van der Waals surface area contributed by atoms with Gasteiger partial charge in [-0.25, -0.2) is 0 Å². The maximum Gasteiger partial charge on any atom is 0.268 e. The molecular formula is C50H95N2O6P. The van der Waals surface area contributed by atoms with E-state index in [1.165, 1.54) is 122 Å². The second-order valence-corrected chi connectivity index (χ2v) is 19.2. The monoisotopic (exact) mass is 851 g/mol. The number of unbranched alkanes of at least 4 members (excludes halogenated alkanes) is 25. The molecular weight excluding hydrogens is 756 g/mol. The van der Waals surface area contributed by atoms with Crippen LogP contribution in [0.4, 0.5) is 0 Å². The summed E-state index contributed by atoms with van der Waals surface area (Å²) >= 11 is 0. The van der Waals surface area contributed by atoms with Gasteiger partial charge in [-0.3, -0.25) is 9.36 Å². The molecule has 2 N–H and O–H groups in total. The highest BCUT2D eigenvalue weighted by molar-refractivity contribution is 7.45. The number of carbonyl (C=O) groups is 1. The average molecular weight is 851 g/mol. The molecule has 0 aliphatic heterocycles. The molecule has 0 saturated heterocycles. The van der Waals surface area contributed by atoms with Crippen molar-refractivity contribution in [2.45, 2.75) is 225 Å². The number of aliphatic hydroxyl groups excluding tert-OH is 1. The number of aliphatic hydroxyl groups is 1. The van der Waals surface area contributed by atoms with Crippen molar-refractivity contribution in [3.63, 3.8) is 0 Å². The van der Waals surface area contributed by atoms with Crippen LogP contribution in [0.15, 0.2) is 48.6 Å². The zero-order chi connectivity index (χ0) is 43.6. The topological polar surface area (TPSA) is 108 Å². The van der Waals surface area contributed by atoms with Crippen LogP contribution < -0.4 is 10.2 Å². The molecule has 9 heteroatoms. The van der Waals surface area contributed by atoms with Gasteiger partial charge >= 0.3 is 0 Å². The molecule has 346 valence electrons. The van der Waals surface area contributed by atoms with E-state index in [1.807, 2.05) is 27.2 Å². The lowest BCUT2D eigenvalue weighted by Crippen LogP contribution is -2.45. The number of nitrogens with zero attached hydrogens (tertiary/aromatic N) is 1. The Balaban J connectivity index is 4.34. The minimum absolute atomic E-state index is 0.0104. The predicted molar refractivity (Wildman–Crippen MR) is 251 cm³/mol. The molecule has 0 aromatic carbocycles. The third-order valence-corrected chi connectivity index (χ3v) is 11.7. The van der Waals surface area contributed by atoms with Crippen LogP contribution in [0.2, 0.25) is 0 Å². The molecule has 3 atom stereocenters. The molecule has 0 aliphatic carbocycles. The molecule has 1 amide bonds. The SMILES string of the molecule is CCC/C=C\C/C=C\CCCCCCCC(=O)NC(COP(=O)([O-])OCC[N+](C)(C)C)C(O)/C=C/CC/C=C/CCCCCCCCCCCCCCCCCCCC. The quantitative estimate of drug-likeness (QED) is 0.0274. The Labute approximate surface area is 365 Å². The van der Waals surface area contributed by atoms with E-state index in [4.69, 9.17) is 9.05 Å². The number of hydrogen-bond acceptors (Lipinski definition) is 6. The molecule has 0 heterocycles. The van der Waals surface area contributed by atoms with Crippen LogP contribution in [0.1, 0.15) is 213 Å². The number of rotatable bonds is 44. The van der Waals surface area contributed by atoms with E-state index in [1.54, 1.807) is 6.08 Å². The van der Waals surface area contributed by atoms with Crippen molar-refractivity contribution < 1.29 is 32.9 Å². The number of hydrogen-bond donors (Lipinski definition) is 2. The van der Waals surface area contributed by atoms with Crippen molar-refractivity contribution in [3.8, 4) is 0 Å². The van der Waals surface area contributed by atoms with Gasteiger partial charge in [0, 0.05) is 6.42 Å². The summed E-state index contributed by atoms with van der Waals surface area (Å²) in [5.74, 6) is -0.223. The molecule has 8 nitrogen and oxygen atoms in total. The van der Waals surface area contributed by atoms with Gasteiger partial charge in [0.25, 0.3) is 7.82 Å². The molecule has 0 saturated carbocycles. The second-order valence-electron chi connectivity index (χ2n) is 17.8. The standard InChI is InChI=1S/C50H95N2O6P/c1-6-8-10-12-14-16-18-20-21-22-23-24-25-26-27-28-29-30-32-33-35-37-39-41-43-49(53)48(47-58-59(55,56)57-46-45-52(3,4)5)51-50(54)44-42-40-38-36-34-31-19-17-15-13-11-9-7-2/h11,13,17,19,33,35,41,43,48-49,53H,6-10,12,14-16,18,20-32,34,36-40,42,44-47H2,1-5H3,(H-,51,54,55,56)/b13-11-,19-17-,35-33+,43-41+. The highest BCUT2D eigenvalue weighted by Crippen LogP contribution is 2.38. The number of phosphoric acid groups is 1. The maximum absolute atomic E-state index is 12.8. The van der Waals surface area contributed by atoms with Crippen molar-refractivity contribution in [2.24, 2.45) is 0 Å². The third kappa shape index (κ3) is 44.3. The van der Waals surface area contributed by atoms with E-state index in [2.05, 4.69) is 55.6 Å². The highest BCUT2D eigenvalue weighted by atomic mass is 31.2. The largest absolute Gasteiger partial charge is 0.756 e. The number of quaternary nitrogens is 1. The summed E-state index contributed by atoms with van der Waals surface area (Å²) in [5.41, 5.74) is 0. The number of phosphoric ester groups is 1. The first kappa shape index (κ1) is 57.5. The molecule has 0 aliphatic rings. The Morgan fingerprint density at radius 3 is 1.54 bits per heavy atom. The van der Waals surface area contributed by atoms with Gasteiger partial charge < -0.3 is 28.8 Å². The maximum atomic E-state index is 12.8. The van der Waals surface area contributed by atoms with Crippen molar-refractivity contribution in [1.29, 1.82) is 0 Å². The second kappa shape index (κ2) is 41.8. The van der Waals surface area contributed by atoms with Gasteiger partial charge in [-0.1, -0.05) is 197 Å². The lowest BCUT2D eigenvalue weighted by atomic mass is 10.0. The van der Waals surface area contributed by atoms with Gasteiger partial charge in [-0.05, 0) is 57.8 Å². The highest BCUT2D eigenvalue weighted by Gasteiger charge is 2.23. The van der Waals surface area contributed by atoms with Crippen LogP contribution >= 0.6 is 7.82 Å². The summed E-state index contributed by atoms with van der Waals surface area (Å²) in [5, 5.41) is 13.8. The van der Waals surface area contributed by atoms with Crippen LogP contribution in [-0.2, 0) is 18.4 Å². The van der Waals surface area contributed by atoms with Crippen molar-refractivity contribution in [1.82, 2.24) is 5.32 Å². The molecule has 0 radical (unpaired) electrons. The molecule has 0 bridgehead atoms. The Hall–Kier alpha value is -1.54. The van der Waals surface area contributed by atoms with E-state index in [9.17, 15) is 19.4 Å². The Bertz CT molecular complexity index is 1100. The van der Waals surface area contributed by atoms with Crippen LogP contribution in [0, 0.1) is 0 Å². The van der Waals surface area contributed by atoms with Crippen molar-refractivity contribution in [2.75, 3.05) is 40.9 Å². The summed E-state index contributed by atoms with van der Waals surface area (Å²) in [4.78, 5) is 25.3. The zero-order valence-corrected chi connectivity index (χ0v) is 40.1. The van der Waals surface area contributed by atoms with Gasteiger partial charge in [-0.15, -0.1) is 0 Å². The fraction of sp³-hybridized carbons (Fsp3) is 0.820. The van der Waals surface area contributed by atoms with Crippen LogP contribution in [0.5, 0.6) is 0 Å². The average Bonchev–Trinajstić information content (AvgIpc) is 3.19. The molecule has 0 aromatic rings. The molecule has 0 rings (SSSR count). The first-order chi connectivity index (χ1) is 28.5. The third-order valence-electron chi connectivity index (χ3n) is 10.7. The number of amides is 1. The smallest absolute Gasteiger partial charge is 0.268 e. The predicted octanol–water partition coefficient (Wildman–Crippen LogP) is 13.4. The van der Waals surface area contributed by atoms with Crippen molar-refractivity contribution in [3.05, 3.63) is 48.6 Å². The molecule has 0 aromatic heterocycles. The summed E-state index contributed by atoms with van der Waals surface area (Å²) in [6, 6.07) is -0.910.